The van der Waals surface area contributed by atoms with Crippen LogP contribution in [0.3, 0.4) is 0 Å². The number of fused-ring (bicyclic) bond motifs is 1. The fourth-order valence-corrected chi connectivity index (χ4v) is 4.65. The number of H-pyrrole nitrogens is 1. The molecule has 2 aromatic heterocycles. The summed E-state index contributed by atoms with van der Waals surface area (Å²) < 4.78 is 5.39. The fourth-order valence-electron chi connectivity index (χ4n) is 3.75. The first-order valence-corrected chi connectivity index (χ1v) is 11.5. The van der Waals surface area contributed by atoms with Crippen molar-refractivity contribution >= 4 is 50.6 Å². The summed E-state index contributed by atoms with van der Waals surface area (Å²) in [5.74, 6) is 0.0635. The third kappa shape index (κ3) is 4.89. The van der Waals surface area contributed by atoms with Crippen molar-refractivity contribution in [2.45, 2.75) is 6.42 Å². The molecule has 33 heavy (non-hydrogen) atoms. The Morgan fingerprint density at radius 1 is 1.03 bits per heavy atom. The number of nitrogens with zero attached hydrogens (tertiary/aromatic N) is 2. The number of benzene rings is 2. The molecule has 3 heterocycles. The molecule has 1 fully saturated rings. The van der Waals surface area contributed by atoms with Crippen molar-refractivity contribution in [2.24, 2.45) is 0 Å². The highest BCUT2D eigenvalue weighted by Crippen LogP contribution is 2.30. The Hall–Kier alpha value is -3.69. The zero-order chi connectivity index (χ0) is 22.6. The van der Waals surface area contributed by atoms with E-state index in [-0.39, 0.29) is 18.2 Å². The Bertz CT molecular complexity index is 1260. The van der Waals surface area contributed by atoms with E-state index >= 15 is 0 Å². The van der Waals surface area contributed by atoms with Gasteiger partial charge in [-0.15, -0.1) is 11.3 Å². The number of carbonyl (C=O) groups excluding carboxylic acids is 2. The molecular formula is C24H23N5O3S. The number of morpholine rings is 1. The predicted molar refractivity (Wildman–Crippen MR) is 130 cm³/mol. The van der Waals surface area contributed by atoms with Crippen molar-refractivity contribution in [3.05, 3.63) is 71.1 Å². The number of thiophene rings is 1. The number of ether oxygens (including phenoxy) is 1. The Balaban J connectivity index is 1.24. The van der Waals surface area contributed by atoms with Gasteiger partial charge in [-0.05, 0) is 35.9 Å². The molecule has 0 bridgehead atoms. The van der Waals surface area contributed by atoms with Crippen LogP contribution in [-0.2, 0) is 16.0 Å². The number of nitrogens with one attached hydrogen (secondary N) is 3. The summed E-state index contributed by atoms with van der Waals surface area (Å²) in [6.07, 6.45) is 0.257. The molecule has 3 N–H and O–H groups in total. The molecule has 1 aliphatic heterocycles. The molecule has 1 aliphatic rings. The standard InChI is InChI=1S/C24H23N5O3S/c30-21(14-16-4-2-1-3-5-16)26-22-19-15-20(33-24(19)28-27-22)23(31)25-17-6-8-18(9-7-17)29-10-12-32-13-11-29/h1-9,15H,10-14H2,(H,25,31)(H2,26,27,28,30). The molecule has 0 saturated carbocycles. The summed E-state index contributed by atoms with van der Waals surface area (Å²) in [5.41, 5.74) is 2.76. The minimum absolute atomic E-state index is 0.160. The van der Waals surface area contributed by atoms with Gasteiger partial charge >= 0.3 is 0 Å². The molecule has 0 aliphatic carbocycles. The molecule has 5 rings (SSSR count). The lowest BCUT2D eigenvalue weighted by Gasteiger charge is -2.28. The van der Waals surface area contributed by atoms with E-state index in [1.807, 2.05) is 54.6 Å². The molecular weight excluding hydrogens is 438 g/mol. The molecule has 0 atom stereocenters. The van der Waals surface area contributed by atoms with Crippen LogP contribution in [0, 0.1) is 0 Å². The highest BCUT2D eigenvalue weighted by atomic mass is 32.1. The summed E-state index contributed by atoms with van der Waals surface area (Å²) >= 11 is 1.30. The average Bonchev–Trinajstić information content (AvgIpc) is 3.43. The lowest BCUT2D eigenvalue weighted by Crippen LogP contribution is -2.36. The number of rotatable bonds is 6. The highest BCUT2D eigenvalue weighted by Gasteiger charge is 2.17. The maximum Gasteiger partial charge on any atom is 0.265 e. The van der Waals surface area contributed by atoms with E-state index in [2.05, 4.69) is 25.7 Å². The third-order valence-electron chi connectivity index (χ3n) is 5.45. The summed E-state index contributed by atoms with van der Waals surface area (Å²) in [6, 6.07) is 19.1. The number of aromatic amines is 1. The highest BCUT2D eigenvalue weighted by molar-refractivity contribution is 7.20. The number of aromatic nitrogens is 2. The van der Waals surface area contributed by atoms with Crippen LogP contribution in [0.5, 0.6) is 0 Å². The van der Waals surface area contributed by atoms with Crippen LogP contribution in [0.2, 0.25) is 0 Å². The fraction of sp³-hybridized carbons (Fsp3) is 0.208. The average molecular weight is 462 g/mol. The van der Waals surface area contributed by atoms with Crippen LogP contribution < -0.4 is 15.5 Å². The monoisotopic (exact) mass is 461 g/mol. The molecule has 0 radical (unpaired) electrons. The predicted octanol–water partition coefficient (Wildman–Crippen LogP) is 3.89. The van der Waals surface area contributed by atoms with E-state index in [4.69, 9.17) is 4.74 Å². The van der Waals surface area contributed by atoms with Gasteiger partial charge < -0.3 is 20.3 Å². The van der Waals surface area contributed by atoms with Crippen LogP contribution in [0.15, 0.2) is 60.7 Å². The van der Waals surface area contributed by atoms with E-state index < -0.39 is 0 Å². The quantitative estimate of drug-likeness (QED) is 0.405. The molecule has 1 saturated heterocycles. The van der Waals surface area contributed by atoms with Crippen molar-refractivity contribution in [3.8, 4) is 0 Å². The van der Waals surface area contributed by atoms with Crippen LogP contribution in [0.25, 0.3) is 10.2 Å². The third-order valence-corrected chi connectivity index (χ3v) is 6.49. The van der Waals surface area contributed by atoms with Gasteiger partial charge in [-0.25, -0.2) is 0 Å². The van der Waals surface area contributed by atoms with E-state index in [1.54, 1.807) is 6.07 Å². The summed E-state index contributed by atoms with van der Waals surface area (Å²) in [5, 5.41) is 13.6. The molecule has 0 unspecified atom stereocenters. The molecule has 4 aromatic rings. The number of hydrogen-bond acceptors (Lipinski definition) is 6. The summed E-state index contributed by atoms with van der Waals surface area (Å²) in [4.78, 5) is 28.7. The maximum absolute atomic E-state index is 12.8. The maximum atomic E-state index is 12.8. The van der Waals surface area contributed by atoms with Gasteiger partial charge in [0.05, 0.1) is 29.9 Å². The Labute approximate surface area is 194 Å². The second-order valence-corrected chi connectivity index (χ2v) is 8.79. The summed E-state index contributed by atoms with van der Waals surface area (Å²) in [6.45, 7) is 3.19. The molecule has 2 aromatic carbocycles. The largest absolute Gasteiger partial charge is 0.378 e. The Kier molecular flexibility index (Phi) is 6.05. The molecule has 2 amide bonds. The van der Waals surface area contributed by atoms with E-state index in [0.717, 1.165) is 48.1 Å². The van der Waals surface area contributed by atoms with Crippen molar-refractivity contribution in [2.75, 3.05) is 41.8 Å². The number of amides is 2. The topological polar surface area (TPSA) is 99.3 Å². The zero-order valence-electron chi connectivity index (χ0n) is 17.8. The smallest absolute Gasteiger partial charge is 0.265 e. The van der Waals surface area contributed by atoms with Crippen LogP contribution in [-0.4, -0.2) is 48.3 Å². The van der Waals surface area contributed by atoms with Crippen LogP contribution >= 0.6 is 11.3 Å². The minimum atomic E-state index is -0.203. The second kappa shape index (κ2) is 9.43. The van der Waals surface area contributed by atoms with E-state index in [0.29, 0.717) is 16.1 Å². The first-order chi connectivity index (χ1) is 16.2. The number of anilines is 3. The van der Waals surface area contributed by atoms with Gasteiger partial charge in [0.25, 0.3) is 5.91 Å². The van der Waals surface area contributed by atoms with E-state index in [9.17, 15) is 9.59 Å². The normalized spacial score (nSPS) is 13.8. The van der Waals surface area contributed by atoms with Crippen molar-refractivity contribution < 1.29 is 14.3 Å². The van der Waals surface area contributed by atoms with Gasteiger partial charge in [0.1, 0.15) is 4.83 Å². The molecule has 168 valence electrons. The van der Waals surface area contributed by atoms with Gasteiger partial charge in [-0.1, -0.05) is 30.3 Å². The minimum Gasteiger partial charge on any atom is -0.378 e. The molecule has 8 nitrogen and oxygen atoms in total. The first kappa shape index (κ1) is 21.2. The van der Waals surface area contributed by atoms with Crippen molar-refractivity contribution in [1.82, 2.24) is 10.2 Å². The lowest BCUT2D eigenvalue weighted by atomic mass is 10.1. The van der Waals surface area contributed by atoms with Crippen molar-refractivity contribution in [1.29, 1.82) is 0 Å². The van der Waals surface area contributed by atoms with Gasteiger partial charge in [0.15, 0.2) is 5.82 Å². The van der Waals surface area contributed by atoms with Gasteiger partial charge in [0, 0.05) is 24.5 Å². The second-order valence-electron chi connectivity index (χ2n) is 7.74. The van der Waals surface area contributed by atoms with Gasteiger partial charge in [-0.3, -0.25) is 14.7 Å². The van der Waals surface area contributed by atoms with Gasteiger partial charge in [-0.2, -0.15) is 5.10 Å². The van der Waals surface area contributed by atoms with Crippen LogP contribution in [0.1, 0.15) is 15.2 Å². The number of hydrogen-bond donors (Lipinski definition) is 3. The summed E-state index contributed by atoms with van der Waals surface area (Å²) in [7, 11) is 0. The first-order valence-electron chi connectivity index (χ1n) is 10.7. The lowest BCUT2D eigenvalue weighted by molar-refractivity contribution is -0.115. The van der Waals surface area contributed by atoms with E-state index in [1.165, 1.54) is 11.3 Å². The zero-order valence-corrected chi connectivity index (χ0v) is 18.7. The van der Waals surface area contributed by atoms with Crippen LogP contribution in [0.4, 0.5) is 17.2 Å². The SMILES string of the molecule is O=C(Cc1ccccc1)Nc1n[nH]c2sc(C(=O)Nc3ccc(N4CCOCC4)cc3)cc12. The van der Waals surface area contributed by atoms with Crippen molar-refractivity contribution in [3.63, 3.8) is 0 Å². The Morgan fingerprint density at radius 3 is 2.55 bits per heavy atom. The van der Waals surface area contributed by atoms with Gasteiger partial charge in [0.2, 0.25) is 5.91 Å². The molecule has 9 heteroatoms. The molecule has 0 spiro atoms. The Morgan fingerprint density at radius 2 is 1.79 bits per heavy atom. The number of carbonyl (C=O) groups is 2.